The van der Waals surface area contributed by atoms with Crippen molar-refractivity contribution >= 4 is 41.2 Å². The van der Waals surface area contributed by atoms with E-state index < -0.39 is 0 Å². The van der Waals surface area contributed by atoms with E-state index in [1.54, 1.807) is 25.3 Å². The Morgan fingerprint density at radius 2 is 2.06 bits per heavy atom. The molecule has 0 radical (unpaired) electrons. The summed E-state index contributed by atoms with van der Waals surface area (Å²) in [6.07, 6.45) is 12.2. The number of pyridine rings is 1. The molecule has 2 aromatic heterocycles. The van der Waals surface area contributed by atoms with Gasteiger partial charge in [0.2, 0.25) is 6.41 Å². The smallest absolute Gasteiger partial charge is 0.207 e. The number of halogens is 1. The van der Waals surface area contributed by atoms with Crippen LogP contribution in [0.3, 0.4) is 0 Å². The van der Waals surface area contributed by atoms with Gasteiger partial charge in [-0.25, -0.2) is 0 Å². The van der Waals surface area contributed by atoms with Gasteiger partial charge in [-0.15, -0.1) is 11.3 Å². The largest absolute Gasteiger partial charge is 0.486 e. The Morgan fingerprint density at radius 1 is 1.29 bits per heavy atom. The molecule has 5 nitrogen and oxygen atoms in total. The van der Waals surface area contributed by atoms with Gasteiger partial charge in [-0.1, -0.05) is 55.1 Å². The number of fused-ring (bicyclic) bond motifs is 1. The van der Waals surface area contributed by atoms with Crippen LogP contribution in [0.2, 0.25) is 5.02 Å². The second-order valence-electron chi connectivity index (χ2n) is 7.39. The van der Waals surface area contributed by atoms with Crippen molar-refractivity contribution in [2.24, 2.45) is 0 Å². The van der Waals surface area contributed by atoms with Gasteiger partial charge in [0.1, 0.15) is 11.9 Å². The molecule has 35 heavy (non-hydrogen) atoms. The van der Waals surface area contributed by atoms with E-state index in [4.69, 9.17) is 16.3 Å². The molecule has 0 saturated carbocycles. The van der Waals surface area contributed by atoms with Crippen LogP contribution < -0.4 is 10.1 Å². The van der Waals surface area contributed by atoms with Crippen LogP contribution in [0, 0.1) is 0 Å². The third-order valence-electron chi connectivity index (χ3n) is 4.73. The number of benzene rings is 1. The van der Waals surface area contributed by atoms with Crippen molar-refractivity contribution in [1.82, 2.24) is 10.3 Å². The van der Waals surface area contributed by atoms with Crippen LogP contribution in [-0.2, 0) is 11.2 Å². The first-order chi connectivity index (χ1) is 16.9. The molecule has 1 amide bonds. The zero-order valence-electron chi connectivity index (χ0n) is 19.9. The summed E-state index contributed by atoms with van der Waals surface area (Å²) in [7, 11) is 0. The van der Waals surface area contributed by atoms with Crippen LogP contribution in [-0.4, -0.2) is 29.8 Å². The first-order valence-electron chi connectivity index (χ1n) is 11.0. The Balaban J connectivity index is 0.000000275. The Kier molecular flexibility index (Phi) is 11.7. The lowest BCUT2D eigenvalue weighted by Crippen LogP contribution is -2.29. The van der Waals surface area contributed by atoms with Gasteiger partial charge in [0.15, 0.2) is 5.78 Å². The van der Waals surface area contributed by atoms with E-state index in [2.05, 4.69) is 23.5 Å². The Hall–Kier alpha value is -3.48. The van der Waals surface area contributed by atoms with E-state index in [0.717, 1.165) is 26.4 Å². The molecule has 0 fully saturated rings. The molecule has 1 atom stereocenters. The van der Waals surface area contributed by atoms with Crippen molar-refractivity contribution in [3.63, 3.8) is 0 Å². The molecule has 1 N–H and O–H groups in total. The molecule has 7 heteroatoms. The monoisotopic (exact) mass is 508 g/mol. The SMILES string of the molecule is C/C=C/c1cccnc1.C=CC=C.CC(=O)c1ccc(-c2cc(Cl)c3c(c2)CC(CNC=O)O3)s1. The zero-order chi connectivity index (χ0) is 25.6. The standard InChI is InChI=1S/C16H14ClNO3S.C8H9N.C4H6/c1-9(20)14-2-3-15(22-14)10-4-11-5-12(7-18-8-19)21-16(11)13(17)6-10;1-2-4-8-5-3-6-9-7-8;1-3-4-2/h2-4,6,8,12H,5,7H2,1H3,(H,18,19);2-7H,1H3;3-4H,1-2H2/b;4-2+;. The quantitative estimate of drug-likeness (QED) is 0.216. The fourth-order valence-corrected chi connectivity index (χ4v) is 4.34. The second kappa shape index (κ2) is 14.7. The van der Waals surface area contributed by atoms with Crippen LogP contribution in [0.5, 0.6) is 5.75 Å². The summed E-state index contributed by atoms with van der Waals surface area (Å²) in [6.45, 7) is 10.7. The van der Waals surface area contributed by atoms with E-state index in [9.17, 15) is 9.59 Å². The molecule has 1 aliphatic rings. The number of hydrogen-bond acceptors (Lipinski definition) is 5. The van der Waals surface area contributed by atoms with Crippen LogP contribution in [0.1, 0.15) is 34.6 Å². The molecular weight excluding hydrogens is 480 g/mol. The summed E-state index contributed by atoms with van der Waals surface area (Å²) in [4.78, 5) is 27.5. The highest BCUT2D eigenvalue weighted by atomic mass is 35.5. The van der Waals surface area contributed by atoms with E-state index in [0.29, 0.717) is 30.1 Å². The number of ether oxygens (including phenoxy) is 1. The average Bonchev–Trinajstić information content (AvgIpc) is 3.52. The Morgan fingerprint density at radius 3 is 2.63 bits per heavy atom. The fraction of sp³-hybridized carbons (Fsp3) is 0.179. The fourth-order valence-electron chi connectivity index (χ4n) is 3.17. The number of aromatic nitrogens is 1. The molecule has 0 spiro atoms. The van der Waals surface area contributed by atoms with Gasteiger partial charge in [0.05, 0.1) is 16.4 Å². The van der Waals surface area contributed by atoms with Crippen molar-refractivity contribution in [2.45, 2.75) is 26.4 Å². The molecular formula is C28H29ClN2O3S. The van der Waals surface area contributed by atoms with Crippen LogP contribution in [0.15, 0.2) is 80.2 Å². The summed E-state index contributed by atoms with van der Waals surface area (Å²) in [6, 6.07) is 11.6. The maximum atomic E-state index is 11.4. The number of hydrogen-bond donors (Lipinski definition) is 1. The molecule has 3 heterocycles. The predicted octanol–water partition coefficient (Wildman–Crippen LogP) is 6.79. The lowest BCUT2D eigenvalue weighted by atomic mass is 10.1. The minimum Gasteiger partial charge on any atom is -0.486 e. The minimum atomic E-state index is -0.0935. The Labute approximate surface area is 215 Å². The number of Topliss-reactive ketones (excluding diaryl/α,β-unsaturated/α-hetero) is 1. The number of amides is 1. The summed E-state index contributed by atoms with van der Waals surface area (Å²) < 4.78 is 5.77. The molecule has 3 aromatic rings. The van der Waals surface area contributed by atoms with Gasteiger partial charge in [0.25, 0.3) is 0 Å². The topological polar surface area (TPSA) is 68.3 Å². The highest BCUT2D eigenvalue weighted by Crippen LogP contribution is 2.41. The van der Waals surface area contributed by atoms with Crippen LogP contribution >= 0.6 is 22.9 Å². The second-order valence-corrected chi connectivity index (χ2v) is 8.89. The van der Waals surface area contributed by atoms with Crippen molar-refractivity contribution in [3.8, 4) is 16.2 Å². The van der Waals surface area contributed by atoms with Crippen molar-refractivity contribution in [3.05, 3.63) is 101 Å². The number of allylic oxidation sites excluding steroid dienone is 3. The number of thiophene rings is 1. The summed E-state index contributed by atoms with van der Waals surface area (Å²) >= 11 is 7.77. The Bertz CT molecular complexity index is 1170. The molecule has 182 valence electrons. The van der Waals surface area contributed by atoms with Crippen molar-refractivity contribution < 1.29 is 14.3 Å². The summed E-state index contributed by atoms with van der Waals surface area (Å²) in [5, 5.41) is 3.18. The minimum absolute atomic E-state index is 0.0619. The molecule has 1 aromatic carbocycles. The normalized spacial score (nSPS) is 13.3. The van der Waals surface area contributed by atoms with E-state index >= 15 is 0 Å². The molecule has 4 rings (SSSR count). The molecule has 0 aliphatic carbocycles. The summed E-state index contributed by atoms with van der Waals surface area (Å²) in [5.74, 6) is 0.748. The van der Waals surface area contributed by atoms with E-state index in [1.165, 1.54) is 11.3 Å². The first kappa shape index (κ1) is 27.8. The van der Waals surface area contributed by atoms with Crippen LogP contribution in [0.25, 0.3) is 16.5 Å². The first-order valence-corrected chi connectivity index (χ1v) is 12.2. The van der Waals surface area contributed by atoms with Crippen LogP contribution in [0.4, 0.5) is 0 Å². The van der Waals surface area contributed by atoms with Gasteiger partial charge >= 0.3 is 0 Å². The van der Waals surface area contributed by atoms with Gasteiger partial charge in [-0.05, 0) is 55.3 Å². The lowest BCUT2D eigenvalue weighted by molar-refractivity contribution is -0.109. The number of ketones is 1. The van der Waals surface area contributed by atoms with E-state index in [-0.39, 0.29) is 11.9 Å². The third kappa shape index (κ3) is 8.67. The number of nitrogens with one attached hydrogen (secondary N) is 1. The predicted molar refractivity (Wildman–Crippen MR) is 146 cm³/mol. The molecule has 1 unspecified atom stereocenters. The molecule has 1 aliphatic heterocycles. The number of carbonyl (C=O) groups excluding carboxylic acids is 2. The third-order valence-corrected chi connectivity index (χ3v) is 6.25. The highest BCUT2D eigenvalue weighted by Gasteiger charge is 2.26. The van der Waals surface area contributed by atoms with E-state index in [1.807, 2.05) is 61.7 Å². The number of rotatable bonds is 7. The highest BCUT2D eigenvalue weighted by molar-refractivity contribution is 7.17. The lowest BCUT2D eigenvalue weighted by Gasteiger charge is -2.09. The number of carbonyl (C=O) groups is 2. The van der Waals surface area contributed by atoms with Gasteiger partial charge in [0, 0.05) is 29.3 Å². The van der Waals surface area contributed by atoms with Gasteiger partial charge < -0.3 is 10.1 Å². The zero-order valence-corrected chi connectivity index (χ0v) is 21.4. The average molecular weight is 509 g/mol. The van der Waals surface area contributed by atoms with Gasteiger partial charge in [-0.3, -0.25) is 14.6 Å². The van der Waals surface area contributed by atoms with Crippen molar-refractivity contribution in [2.75, 3.05) is 6.54 Å². The molecule has 0 saturated heterocycles. The molecule has 0 bridgehead atoms. The van der Waals surface area contributed by atoms with Gasteiger partial charge in [-0.2, -0.15) is 0 Å². The number of nitrogens with zero attached hydrogens (tertiary/aromatic N) is 1. The summed E-state index contributed by atoms with van der Waals surface area (Å²) in [5.41, 5.74) is 3.16. The maximum absolute atomic E-state index is 11.4. The van der Waals surface area contributed by atoms with Crippen molar-refractivity contribution in [1.29, 1.82) is 0 Å². The maximum Gasteiger partial charge on any atom is 0.207 e.